The van der Waals surface area contributed by atoms with Crippen LogP contribution < -0.4 is 5.32 Å². The van der Waals surface area contributed by atoms with Crippen molar-refractivity contribution in [3.8, 4) is 0 Å². The van der Waals surface area contributed by atoms with Gasteiger partial charge in [-0.3, -0.25) is 0 Å². The van der Waals surface area contributed by atoms with E-state index in [2.05, 4.69) is 45.0 Å². The van der Waals surface area contributed by atoms with Crippen LogP contribution in [0.4, 0.5) is 0 Å². The van der Waals surface area contributed by atoms with E-state index in [1.165, 1.54) is 6.42 Å². The maximum absolute atomic E-state index is 5.29. The van der Waals surface area contributed by atoms with Crippen molar-refractivity contribution in [1.82, 2.24) is 10.2 Å². The predicted molar refractivity (Wildman–Crippen MR) is 67.6 cm³/mol. The van der Waals surface area contributed by atoms with Crippen LogP contribution in [0, 0.1) is 5.92 Å². The van der Waals surface area contributed by atoms with E-state index >= 15 is 0 Å². The second-order valence-corrected chi connectivity index (χ2v) is 4.71. The third-order valence-corrected chi connectivity index (χ3v) is 2.75. The molecule has 14 heavy (non-hydrogen) atoms. The van der Waals surface area contributed by atoms with Crippen LogP contribution in [0.5, 0.6) is 0 Å². The van der Waals surface area contributed by atoms with Gasteiger partial charge in [-0.25, -0.2) is 0 Å². The molecule has 0 saturated heterocycles. The van der Waals surface area contributed by atoms with Crippen molar-refractivity contribution in [3.05, 3.63) is 0 Å². The highest BCUT2D eigenvalue weighted by Crippen LogP contribution is 2.09. The van der Waals surface area contributed by atoms with Gasteiger partial charge >= 0.3 is 0 Å². The summed E-state index contributed by atoms with van der Waals surface area (Å²) < 4.78 is 0. The Morgan fingerprint density at radius 1 is 1.36 bits per heavy atom. The molecule has 0 fully saturated rings. The normalized spacial score (nSPS) is 12.7. The molecule has 0 heterocycles. The first-order chi connectivity index (χ1) is 6.49. The van der Waals surface area contributed by atoms with E-state index in [1.54, 1.807) is 0 Å². The second-order valence-electron chi connectivity index (χ2n) is 4.32. The molecule has 0 aromatic rings. The highest BCUT2D eigenvalue weighted by molar-refractivity contribution is 7.80. The Balaban J connectivity index is 3.90. The summed E-state index contributed by atoms with van der Waals surface area (Å²) in [5.74, 6) is 0.724. The van der Waals surface area contributed by atoms with Gasteiger partial charge in [-0.1, -0.05) is 20.8 Å². The molecule has 0 aromatic heterocycles. The van der Waals surface area contributed by atoms with E-state index in [1.807, 2.05) is 0 Å². The highest BCUT2D eigenvalue weighted by Gasteiger charge is 2.12. The monoisotopic (exact) mass is 216 g/mol. The van der Waals surface area contributed by atoms with Crippen molar-refractivity contribution >= 4 is 17.3 Å². The van der Waals surface area contributed by atoms with Crippen LogP contribution in [0.3, 0.4) is 0 Å². The van der Waals surface area contributed by atoms with Gasteiger partial charge < -0.3 is 10.2 Å². The lowest BCUT2D eigenvalue weighted by Crippen LogP contribution is -2.42. The lowest BCUT2D eigenvalue weighted by Gasteiger charge is -2.28. The van der Waals surface area contributed by atoms with Gasteiger partial charge in [0.2, 0.25) is 0 Å². The van der Waals surface area contributed by atoms with Gasteiger partial charge in [-0.2, -0.15) is 0 Å². The summed E-state index contributed by atoms with van der Waals surface area (Å²) in [6, 6.07) is 0.520. The van der Waals surface area contributed by atoms with E-state index in [0.717, 1.165) is 24.0 Å². The molecule has 0 aliphatic rings. The smallest absolute Gasteiger partial charge is 0.168 e. The summed E-state index contributed by atoms with van der Waals surface area (Å²) in [5, 5.41) is 4.12. The molecule has 0 amide bonds. The zero-order valence-corrected chi connectivity index (χ0v) is 10.9. The molecular weight excluding hydrogens is 192 g/mol. The molecule has 0 aromatic carbocycles. The molecule has 0 aliphatic heterocycles. The van der Waals surface area contributed by atoms with Gasteiger partial charge in [0.25, 0.3) is 0 Å². The summed E-state index contributed by atoms with van der Waals surface area (Å²) in [6.07, 6.45) is 2.30. The number of thiocarbonyl (C=S) groups is 1. The Morgan fingerprint density at radius 2 is 1.93 bits per heavy atom. The summed E-state index contributed by atoms with van der Waals surface area (Å²) >= 11 is 5.29. The largest absolute Gasteiger partial charge is 0.363 e. The Morgan fingerprint density at radius 3 is 2.36 bits per heavy atom. The maximum Gasteiger partial charge on any atom is 0.168 e. The maximum atomic E-state index is 5.29. The first-order valence-electron chi connectivity index (χ1n) is 5.49. The van der Waals surface area contributed by atoms with Gasteiger partial charge in [0.05, 0.1) is 0 Å². The van der Waals surface area contributed by atoms with E-state index in [4.69, 9.17) is 12.2 Å². The van der Waals surface area contributed by atoms with Crippen LogP contribution in [0.1, 0.15) is 40.5 Å². The third-order valence-electron chi connectivity index (χ3n) is 2.32. The average molecular weight is 216 g/mol. The molecule has 3 heteroatoms. The molecular formula is C11H24N2S. The Kier molecular flexibility index (Phi) is 6.89. The fraction of sp³-hybridized carbons (Fsp3) is 0.909. The quantitative estimate of drug-likeness (QED) is 0.711. The molecule has 84 valence electrons. The van der Waals surface area contributed by atoms with E-state index in [9.17, 15) is 0 Å². The number of nitrogens with one attached hydrogen (secondary N) is 1. The minimum atomic E-state index is 0.520. The lowest BCUT2D eigenvalue weighted by atomic mass is 10.0. The van der Waals surface area contributed by atoms with Crippen molar-refractivity contribution in [2.24, 2.45) is 5.92 Å². The van der Waals surface area contributed by atoms with Gasteiger partial charge in [-0.15, -0.1) is 0 Å². The second kappa shape index (κ2) is 7.04. The van der Waals surface area contributed by atoms with Crippen molar-refractivity contribution < 1.29 is 0 Å². The molecule has 1 unspecified atom stereocenters. The molecule has 0 spiro atoms. The minimum Gasteiger partial charge on any atom is -0.363 e. The molecule has 1 N–H and O–H groups in total. The molecule has 0 saturated carbocycles. The lowest BCUT2D eigenvalue weighted by molar-refractivity contribution is 0.329. The first-order valence-corrected chi connectivity index (χ1v) is 5.90. The van der Waals surface area contributed by atoms with Gasteiger partial charge in [0.1, 0.15) is 0 Å². The van der Waals surface area contributed by atoms with E-state index in [-0.39, 0.29) is 0 Å². The van der Waals surface area contributed by atoms with Crippen molar-refractivity contribution in [3.63, 3.8) is 0 Å². The SMILES string of the molecule is CCCNC(=S)N(C)C(C)CC(C)C. The van der Waals surface area contributed by atoms with E-state index < -0.39 is 0 Å². The summed E-state index contributed by atoms with van der Waals surface area (Å²) in [7, 11) is 2.07. The summed E-state index contributed by atoms with van der Waals surface area (Å²) in [5.41, 5.74) is 0. The third kappa shape index (κ3) is 5.43. The molecule has 0 aliphatic carbocycles. The fourth-order valence-corrected chi connectivity index (χ4v) is 1.68. The highest BCUT2D eigenvalue weighted by atomic mass is 32.1. The number of hydrogen-bond acceptors (Lipinski definition) is 1. The van der Waals surface area contributed by atoms with Crippen LogP contribution >= 0.6 is 12.2 Å². The molecule has 0 bridgehead atoms. The number of hydrogen-bond donors (Lipinski definition) is 1. The van der Waals surface area contributed by atoms with Crippen LogP contribution in [-0.2, 0) is 0 Å². The van der Waals surface area contributed by atoms with Crippen molar-refractivity contribution in [1.29, 1.82) is 0 Å². The Hall–Kier alpha value is -0.310. The van der Waals surface area contributed by atoms with Crippen LogP contribution in [-0.4, -0.2) is 29.6 Å². The zero-order chi connectivity index (χ0) is 11.1. The van der Waals surface area contributed by atoms with Crippen LogP contribution in [0.15, 0.2) is 0 Å². The molecule has 0 radical (unpaired) electrons. The van der Waals surface area contributed by atoms with Gasteiger partial charge in [0, 0.05) is 19.6 Å². The fourth-order valence-electron chi connectivity index (χ4n) is 1.40. The molecule has 0 rings (SSSR count). The average Bonchev–Trinajstić information content (AvgIpc) is 2.11. The molecule has 2 nitrogen and oxygen atoms in total. The molecule has 1 atom stereocenters. The van der Waals surface area contributed by atoms with Crippen LogP contribution in [0.25, 0.3) is 0 Å². The van der Waals surface area contributed by atoms with Crippen LogP contribution in [0.2, 0.25) is 0 Å². The Bertz CT molecular complexity index is 169. The number of nitrogens with zero attached hydrogens (tertiary/aromatic N) is 1. The van der Waals surface area contributed by atoms with Crippen molar-refractivity contribution in [2.75, 3.05) is 13.6 Å². The summed E-state index contributed by atoms with van der Waals surface area (Å²) in [4.78, 5) is 2.16. The van der Waals surface area contributed by atoms with Gasteiger partial charge in [0.15, 0.2) is 5.11 Å². The van der Waals surface area contributed by atoms with Crippen molar-refractivity contribution in [2.45, 2.75) is 46.6 Å². The van der Waals surface area contributed by atoms with Gasteiger partial charge in [-0.05, 0) is 37.9 Å². The predicted octanol–water partition coefficient (Wildman–Crippen LogP) is 2.64. The number of rotatable bonds is 5. The van der Waals surface area contributed by atoms with E-state index in [0.29, 0.717) is 6.04 Å². The summed E-state index contributed by atoms with van der Waals surface area (Å²) in [6.45, 7) is 9.82. The zero-order valence-electron chi connectivity index (χ0n) is 10.1. The standard InChI is InChI=1S/C11H24N2S/c1-6-7-12-11(14)13(5)10(4)8-9(2)3/h9-10H,6-8H2,1-5H3,(H,12,14). The topological polar surface area (TPSA) is 15.3 Å². The Labute approximate surface area is 94.1 Å². The first kappa shape index (κ1) is 13.7. The minimum absolute atomic E-state index is 0.520.